The average molecular weight is 198 g/mol. The Morgan fingerprint density at radius 3 is 2.71 bits per heavy atom. The molecule has 1 saturated heterocycles. The van der Waals surface area contributed by atoms with E-state index in [0.717, 1.165) is 32.4 Å². The molecule has 0 bridgehead atoms. The molecule has 2 rings (SSSR count). The van der Waals surface area contributed by atoms with Gasteiger partial charge >= 0.3 is 0 Å². The standard InChI is InChI=1S/C10H18N2O2/c1-12(14-2)9(13)8-7-10(8)3-5-11-6-4-10/h8,11H,3-7H2,1-2H3. The van der Waals surface area contributed by atoms with Gasteiger partial charge < -0.3 is 5.32 Å². The van der Waals surface area contributed by atoms with E-state index in [-0.39, 0.29) is 11.8 Å². The van der Waals surface area contributed by atoms with Gasteiger partial charge in [-0.15, -0.1) is 0 Å². The highest BCUT2D eigenvalue weighted by atomic mass is 16.7. The summed E-state index contributed by atoms with van der Waals surface area (Å²) in [5.74, 6) is 0.365. The molecule has 1 amide bonds. The Morgan fingerprint density at radius 2 is 2.14 bits per heavy atom. The van der Waals surface area contributed by atoms with Crippen LogP contribution in [0.5, 0.6) is 0 Å². The van der Waals surface area contributed by atoms with Gasteiger partial charge in [-0.05, 0) is 37.8 Å². The molecule has 4 heteroatoms. The zero-order chi connectivity index (χ0) is 10.2. The summed E-state index contributed by atoms with van der Waals surface area (Å²) in [6, 6.07) is 0. The summed E-state index contributed by atoms with van der Waals surface area (Å²) >= 11 is 0. The molecular formula is C10H18N2O2. The first-order valence-electron chi connectivity index (χ1n) is 5.22. The summed E-state index contributed by atoms with van der Waals surface area (Å²) in [6.07, 6.45) is 3.34. The lowest BCUT2D eigenvalue weighted by atomic mass is 9.92. The number of nitrogens with one attached hydrogen (secondary N) is 1. The minimum Gasteiger partial charge on any atom is -0.317 e. The van der Waals surface area contributed by atoms with Crippen molar-refractivity contribution in [2.45, 2.75) is 19.3 Å². The monoisotopic (exact) mass is 198 g/mol. The van der Waals surface area contributed by atoms with E-state index < -0.39 is 0 Å². The van der Waals surface area contributed by atoms with Crippen molar-refractivity contribution in [1.29, 1.82) is 0 Å². The Kier molecular flexibility index (Phi) is 2.49. The second-order valence-corrected chi connectivity index (χ2v) is 4.39. The van der Waals surface area contributed by atoms with Crippen LogP contribution in [-0.4, -0.2) is 38.2 Å². The third kappa shape index (κ3) is 1.53. The number of rotatable bonds is 2. The van der Waals surface area contributed by atoms with Gasteiger partial charge in [0, 0.05) is 13.0 Å². The first kappa shape index (κ1) is 9.93. The predicted molar refractivity (Wildman–Crippen MR) is 52.4 cm³/mol. The van der Waals surface area contributed by atoms with E-state index in [1.165, 1.54) is 12.2 Å². The van der Waals surface area contributed by atoms with Gasteiger partial charge in [0.1, 0.15) is 0 Å². The Bertz CT molecular complexity index is 236. The van der Waals surface area contributed by atoms with Crippen LogP contribution in [0.1, 0.15) is 19.3 Å². The molecular weight excluding hydrogens is 180 g/mol. The third-order valence-electron chi connectivity index (χ3n) is 3.67. The quantitative estimate of drug-likeness (QED) is 0.653. The Hall–Kier alpha value is -0.610. The van der Waals surface area contributed by atoms with E-state index in [1.807, 2.05) is 0 Å². The molecule has 2 aliphatic rings. The van der Waals surface area contributed by atoms with Crippen LogP contribution in [0.3, 0.4) is 0 Å². The molecule has 0 radical (unpaired) electrons. The number of amides is 1. The van der Waals surface area contributed by atoms with Gasteiger partial charge in [-0.25, -0.2) is 5.06 Å². The highest BCUT2D eigenvalue weighted by Crippen LogP contribution is 2.59. The van der Waals surface area contributed by atoms with Gasteiger partial charge in [0.2, 0.25) is 5.91 Å². The van der Waals surface area contributed by atoms with Crippen LogP contribution in [0.2, 0.25) is 0 Å². The zero-order valence-corrected chi connectivity index (χ0v) is 8.88. The zero-order valence-electron chi connectivity index (χ0n) is 8.88. The topological polar surface area (TPSA) is 41.6 Å². The van der Waals surface area contributed by atoms with Crippen LogP contribution in [0.15, 0.2) is 0 Å². The normalized spacial score (nSPS) is 28.9. The van der Waals surface area contributed by atoms with E-state index >= 15 is 0 Å². The minimum atomic E-state index is 0.148. The van der Waals surface area contributed by atoms with Crippen molar-refractivity contribution < 1.29 is 9.63 Å². The summed E-state index contributed by atoms with van der Waals surface area (Å²) in [5.41, 5.74) is 0.315. The summed E-state index contributed by atoms with van der Waals surface area (Å²) in [6.45, 7) is 2.11. The molecule has 1 unspecified atom stereocenters. The number of hydroxylamine groups is 2. The minimum absolute atomic E-state index is 0.148. The van der Waals surface area contributed by atoms with E-state index in [9.17, 15) is 4.79 Å². The largest absolute Gasteiger partial charge is 0.317 e. The average Bonchev–Trinajstić information content (AvgIpc) is 2.91. The molecule has 0 aromatic carbocycles. The molecule has 0 aromatic rings. The van der Waals surface area contributed by atoms with E-state index in [0.29, 0.717) is 5.41 Å². The van der Waals surface area contributed by atoms with Crippen LogP contribution in [0.4, 0.5) is 0 Å². The van der Waals surface area contributed by atoms with Crippen LogP contribution in [0.25, 0.3) is 0 Å². The summed E-state index contributed by atoms with van der Waals surface area (Å²) < 4.78 is 0. The van der Waals surface area contributed by atoms with Crippen molar-refractivity contribution in [3.05, 3.63) is 0 Å². The van der Waals surface area contributed by atoms with Gasteiger partial charge in [-0.3, -0.25) is 9.63 Å². The Labute approximate surface area is 84.6 Å². The molecule has 1 N–H and O–H groups in total. The van der Waals surface area contributed by atoms with Crippen molar-refractivity contribution in [2.24, 2.45) is 11.3 Å². The van der Waals surface area contributed by atoms with Crippen molar-refractivity contribution in [2.75, 3.05) is 27.2 Å². The van der Waals surface area contributed by atoms with Gasteiger partial charge in [-0.2, -0.15) is 0 Å². The smallest absolute Gasteiger partial charge is 0.249 e. The van der Waals surface area contributed by atoms with Crippen molar-refractivity contribution in [1.82, 2.24) is 10.4 Å². The fourth-order valence-electron chi connectivity index (χ4n) is 2.48. The van der Waals surface area contributed by atoms with E-state index in [2.05, 4.69) is 5.32 Å². The number of carbonyl (C=O) groups excluding carboxylic acids is 1. The van der Waals surface area contributed by atoms with Crippen LogP contribution in [0, 0.1) is 11.3 Å². The maximum absolute atomic E-state index is 11.8. The van der Waals surface area contributed by atoms with Crippen molar-refractivity contribution in [3.63, 3.8) is 0 Å². The Morgan fingerprint density at radius 1 is 1.50 bits per heavy atom. The van der Waals surface area contributed by atoms with E-state index in [4.69, 9.17) is 4.84 Å². The molecule has 1 spiro atoms. The maximum atomic E-state index is 11.8. The van der Waals surface area contributed by atoms with Gasteiger partial charge in [-0.1, -0.05) is 0 Å². The number of carbonyl (C=O) groups is 1. The molecule has 1 aliphatic carbocycles. The van der Waals surface area contributed by atoms with Crippen molar-refractivity contribution >= 4 is 5.91 Å². The molecule has 1 heterocycles. The molecule has 1 saturated carbocycles. The molecule has 80 valence electrons. The lowest BCUT2D eigenvalue weighted by molar-refractivity contribution is -0.171. The summed E-state index contributed by atoms with van der Waals surface area (Å²) in [7, 11) is 3.23. The molecule has 1 atom stereocenters. The van der Waals surface area contributed by atoms with E-state index in [1.54, 1.807) is 7.05 Å². The lowest BCUT2D eigenvalue weighted by Gasteiger charge is -2.24. The maximum Gasteiger partial charge on any atom is 0.249 e. The van der Waals surface area contributed by atoms with Crippen LogP contribution in [-0.2, 0) is 9.63 Å². The first-order chi connectivity index (χ1) is 6.69. The van der Waals surface area contributed by atoms with Gasteiger partial charge in [0.15, 0.2) is 0 Å². The van der Waals surface area contributed by atoms with Crippen molar-refractivity contribution in [3.8, 4) is 0 Å². The number of hydrogen-bond acceptors (Lipinski definition) is 3. The van der Waals surface area contributed by atoms with Gasteiger partial charge in [0.05, 0.1) is 7.11 Å². The van der Waals surface area contributed by atoms with Crippen LogP contribution < -0.4 is 5.32 Å². The number of nitrogens with zero attached hydrogens (tertiary/aromatic N) is 1. The van der Waals surface area contributed by atoms with Gasteiger partial charge in [0.25, 0.3) is 0 Å². The molecule has 2 fully saturated rings. The summed E-state index contributed by atoms with van der Waals surface area (Å²) in [4.78, 5) is 16.7. The molecule has 14 heavy (non-hydrogen) atoms. The second kappa shape index (κ2) is 3.51. The van der Waals surface area contributed by atoms with Crippen LogP contribution >= 0.6 is 0 Å². The SMILES string of the molecule is CON(C)C(=O)C1CC12CCNCC2. The number of piperidine rings is 1. The predicted octanol–water partition coefficient (Wildman–Crippen LogP) is 0.396. The fourth-order valence-corrected chi connectivity index (χ4v) is 2.48. The third-order valence-corrected chi connectivity index (χ3v) is 3.67. The molecule has 1 aliphatic heterocycles. The summed E-state index contributed by atoms with van der Waals surface area (Å²) in [5, 5.41) is 4.69. The fraction of sp³-hybridized carbons (Fsp3) is 0.900. The first-order valence-corrected chi connectivity index (χ1v) is 5.22. The number of hydrogen-bond donors (Lipinski definition) is 1. The highest BCUT2D eigenvalue weighted by Gasteiger charge is 2.58. The Balaban J connectivity index is 1.93. The molecule has 4 nitrogen and oxygen atoms in total. The second-order valence-electron chi connectivity index (χ2n) is 4.39. The lowest BCUT2D eigenvalue weighted by Crippen LogP contribution is -2.34. The highest BCUT2D eigenvalue weighted by molar-refractivity contribution is 5.81. The molecule has 0 aromatic heterocycles.